The van der Waals surface area contributed by atoms with E-state index in [2.05, 4.69) is 78.2 Å². The summed E-state index contributed by atoms with van der Waals surface area (Å²) in [6.07, 6.45) is 7.02. The fourth-order valence-electron chi connectivity index (χ4n) is 6.38. The average Bonchev–Trinajstić information content (AvgIpc) is 3.35. The maximum atomic E-state index is 6.41. The van der Waals surface area contributed by atoms with E-state index >= 15 is 0 Å². The predicted octanol–water partition coefficient (Wildman–Crippen LogP) is 9.30. The number of hydrogen-bond donors (Lipinski definition) is 0. The van der Waals surface area contributed by atoms with E-state index in [9.17, 15) is 0 Å². The molecular formula is C34H38N2OS. The van der Waals surface area contributed by atoms with E-state index in [4.69, 9.17) is 9.72 Å². The van der Waals surface area contributed by atoms with Crippen molar-refractivity contribution in [3.05, 3.63) is 74.0 Å². The van der Waals surface area contributed by atoms with Gasteiger partial charge in [-0.05, 0) is 117 Å². The van der Waals surface area contributed by atoms with E-state index in [0.29, 0.717) is 5.76 Å². The molecule has 196 valence electrons. The van der Waals surface area contributed by atoms with E-state index in [-0.39, 0.29) is 0 Å². The molecule has 0 atom stereocenters. The van der Waals surface area contributed by atoms with Crippen molar-refractivity contribution in [1.29, 1.82) is 0 Å². The van der Waals surface area contributed by atoms with Gasteiger partial charge in [0.05, 0.1) is 15.8 Å². The molecule has 0 saturated heterocycles. The maximum absolute atomic E-state index is 6.41. The third kappa shape index (κ3) is 3.71. The normalized spacial score (nSPS) is 15.1. The van der Waals surface area contributed by atoms with E-state index < -0.39 is 0 Å². The zero-order valence-corrected chi connectivity index (χ0v) is 24.7. The highest BCUT2D eigenvalue weighted by Gasteiger charge is 2.26. The summed E-state index contributed by atoms with van der Waals surface area (Å²) in [5, 5.41) is 3.74. The van der Waals surface area contributed by atoms with Crippen molar-refractivity contribution in [3.8, 4) is 5.75 Å². The molecular weight excluding hydrogens is 484 g/mol. The summed E-state index contributed by atoms with van der Waals surface area (Å²) in [5.74, 6) is 1.60. The van der Waals surface area contributed by atoms with Gasteiger partial charge in [-0.15, -0.1) is 11.3 Å². The van der Waals surface area contributed by atoms with E-state index in [0.717, 1.165) is 46.9 Å². The molecule has 3 aromatic carbocycles. The van der Waals surface area contributed by atoms with Gasteiger partial charge in [0, 0.05) is 35.8 Å². The lowest BCUT2D eigenvalue weighted by Gasteiger charge is -2.33. The summed E-state index contributed by atoms with van der Waals surface area (Å²) in [5.41, 5.74) is 14.1. The standard InChI is InChI=1S/C34H38N2OS/c1-9-10-13-36-14-11-12-25-15-26-16-27(24(8)37-29(26)17-28(25)36)34-35-32-23(7)22(6)30-20(4)18(2)19(3)21(5)31(30)33(32)38-34/h15-17H,8-14H2,1-7H3. The molecule has 4 aromatic rings. The minimum Gasteiger partial charge on any atom is -0.457 e. The number of unbranched alkanes of at least 4 members (excludes halogenated alkanes) is 1. The Labute approximate surface area is 230 Å². The van der Waals surface area contributed by atoms with E-state index in [1.54, 1.807) is 11.3 Å². The van der Waals surface area contributed by atoms with Gasteiger partial charge < -0.3 is 9.64 Å². The van der Waals surface area contributed by atoms with Crippen molar-refractivity contribution in [2.75, 3.05) is 18.0 Å². The van der Waals surface area contributed by atoms with Crippen LogP contribution in [0.25, 0.3) is 32.6 Å². The largest absolute Gasteiger partial charge is 0.457 e. The van der Waals surface area contributed by atoms with Crippen LogP contribution < -0.4 is 9.64 Å². The third-order valence-corrected chi connectivity index (χ3v) is 10.2. The first kappa shape index (κ1) is 25.2. The molecule has 4 heteroatoms. The second kappa shape index (κ2) is 9.27. The van der Waals surface area contributed by atoms with E-state index in [1.165, 1.54) is 79.4 Å². The van der Waals surface area contributed by atoms with E-state index in [1.807, 2.05) is 0 Å². The summed E-state index contributed by atoms with van der Waals surface area (Å²) >= 11 is 1.78. The van der Waals surface area contributed by atoms with Crippen molar-refractivity contribution in [3.63, 3.8) is 0 Å². The van der Waals surface area contributed by atoms with Crippen molar-refractivity contribution in [2.24, 2.45) is 0 Å². The fourth-order valence-corrected chi connectivity index (χ4v) is 7.65. The van der Waals surface area contributed by atoms with Crippen LogP contribution in [0.4, 0.5) is 5.69 Å². The van der Waals surface area contributed by atoms with Crippen molar-refractivity contribution in [2.45, 2.75) is 74.1 Å². The Hall–Kier alpha value is -3.11. The Morgan fingerprint density at radius 3 is 2.39 bits per heavy atom. The molecule has 3 heterocycles. The summed E-state index contributed by atoms with van der Waals surface area (Å²) in [6.45, 7) is 22.4. The maximum Gasteiger partial charge on any atom is 0.136 e. The second-order valence-corrected chi connectivity index (χ2v) is 12.2. The van der Waals surface area contributed by atoms with Crippen LogP contribution in [0.5, 0.6) is 5.75 Å². The number of rotatable bonds is 4. The molecule has 0 spiro atoms. The van der Waals surface area contributed by atoms with Gasteiger partial charge in [-0.2, -0.15) is 0 Å². The van der Waals surface area contributed by atoms with Crippen molar-refractivity contribution < 1.29 is 4.74 Å². The highest BCUT2D eigenvalue weighted by Crippen LogP contribution is 2.46. The van der Waals surface area contributed by atoms with Crippen LogP contribution in [0, 0.1) is 41.5 Å². The average molecular weight is 523 g/mol. The van der Waals surface area contributed by atoms with Crippen molar-refractivity contribution in [1.82, 2.24) is 4.98 Å². The van der Waals surface area contributed by atoms with Crippen LogP contribution in [0.1, 0.15) is 75.7 Å². The van der Waals surface area contributed by atoms with Gasteiger partial charge in [-0.1, -0.05) is 19.9 Å². The molecule has 0 fully saturated rings. The van der Waals surface area contributed by atoms with Crippen LogP contribution in [0.15, 0.2) is 24.5 Å². The molecule has 38 heavy (non-hydrogen) atoms. The lowest BCUT2D eigenvalue weighted by Crippen LogP contribution is -2.30. The Balaban J connectivity index is 1.51. The Morgan fingerprint density at radius 2 is 1.66 bits per heavy atom. The Morgan fingerprint density at radius 1 is 0.947 bits per heavy atom. The number of ether oxygens (including phenoxy) is 1. The van der Waals surface area contributed by atoms with Gasteiger partial charge in [0.1, 0.15) is 16.5 Å². The Bertz CT molecular complexity index is 1690. The molecule has 0 aliphatic carbocycles. The van der Waals surface area contributed by atoms with Gasteiger partial charge in [-0.3, -0.25) is 0 Å². The minimum atomic E-state index is 0.686. The molecule has 0 unspecified atom stereocenters. The number of aryl methyl sites for hydroxylation is 5. The molecule has 0 amide bonds. The molecule has 0 N–H and O–H groups in total. The molecule has 0 bridgehead atoms. The minimum absolute atomic E-state index is 0.686. The topological polar surface area (TPSA) is 25.4 Å². The van der Waals surface area contributed by atoms with Gasteiger partial charge in [-0.25, -0.2) is 4.98 Å². The molecule has 2 aliphatic heterocycles. The molecule has 2 aliphatic rings. The summed E-state index contributed by atoms with van der Waals surface area (Å²) in [6, 6.07) is 4.58. The summed E-state index contributed by atoms with van der Waals surface area (Å²) in [4.78, 5) is 7.76. The van der Waals surface area contributed by atoms with Gasteiger partial charge >= 0.3 is 0 Å². The van der Waals surface area contributed by atoms with Crippen LogP contribution in [-0.4, -0.2) is 18.1 Å². The first-order valence-electron chi connectivity index (χ1n) is 14.0. The van der Waals surface area contributed by atoms with Gasteiger partial charge in [0.15, 0.2) is 0 Å². The van der Waals surface area contributed by atoms with Crippen LogP contribution in [0.2, 0.25) is 0 Å². The zero-order chi connectivity index (χ0) is 26.9. The summed E-state index contributed by atoms with van der Waals surface area (Å²) in [7, 11) is 0. The number of anilines is 1. The van der Waals surface area contributed by atoms with Gasteiger partial charge in [0.2, 0.25) is 0 Å². The molecule has 3 nitrogen and oxygen atoms in total. The highest BCUT2D eigenvalue weighted by atomic mass is 32.1. The quantitative estimate of drug-likeness (QED) is 0.267. The van der Waals surface area contributed by atoms with Crippen LogP contribution >= 0.6 is 11.3 Å². The number of hydrogen-bond acceptors (Lipinski definition) is 4. The van der Waals surface area contributed by atoms with Crippen LogP contribution in [0.3, 0.4) is 0 Å². The van der Waals surface area contributed by atoms with Crippen LogP contribution in [-0.2, 0) is 6.42 Å². The number of allylic oxidation sites excluding steroid dienone is 1. The van der Waals surface area contributed by atoms with Gasteiger partial charge in [0.25, 0.3) is 0 Å². The lowest BCUT2D eigenvalue weighted by atomic mass is 9.87. The SMILES string of the molecule is C=C1Oc2cc3c(cc2C=C1c1nc2c(C)c(C)c4c(C)c(C)c(C)c(C)c4c2s1)CCCN3CCCC. The molecule has 0 radical (unpaired) electrons. The molecule has 0 saturated carbocycles. The monoisotopic (exact) mass is 522 g/mol. The second-order valence-electron chi connectivity index (χ2n) is 11.2. The molecule has 1 aromatic heterocycles. The predicted molar refractivity (Wildman–Crippen MR) is 165 cm³/mol. The summed E-state index contributed by atoms with van der Waals surface area (Å²) < 4.78 is 7.69. The first-order valence-corrected chi connectivity index (χ1v) is 14.8. The number of fused-ring (bicyclic) bond motifs is 5. The highest BCUT2D eigenvalue weighted by molar-refractivity contribution is 7.20. The third-order valence-electron chi connectivity index (χ3n) is 9.11. The Kier molecular flexibility index (Phi) is 6.14. The smallest absolute Gasteiger partial charge is 0.136 e. The first-order chi connectivity index (χ1) is 18.2. The fraction of sp³-hybridized carbons (Fsp3) is 0.382. The number of nitrogens with zero attached hydrogens (tertiary/aromatic N) is 2. The number of thiazole rings is 1. The van der Waals surface area contributed by atoms with Crippen molar-refractivity contribution >= 4 is 49.7 Å². The number of benzene rings is 3. The number of aromatic nitrogens is 1. The molecule has 6 rings (SSSR count). The zero-order valence-electron chi connectivity index (χ0n) is 23.9. The lowest BCUT2D eigenvalue weighted by molar-refractivity contribution is 0.447.